The molecule has 1 aromatic heterocycles. The maximum absolute atomic E-state index is 13.5. The highest BCUT2D eigenvalue weighted by Crippen LogP contribution is 2.41. The zero-order valence-corrected chi connectivity index (χ0v) is 13.4. The first kappa shape index (κ1) is 14.6. The monoisotopic (exact) mass is 329 g/mol. The number of nitrogens with zero attached hydrogens (tertiary/aromatic N) is 3. The van der Waals surface area contributed by atoms with E-state index in [0.29, 0.717) is 23.3 Å². The number of piperidine rings is 1. The number of hydrogen-bond acceptors (Lipinski definition) is 5. The smallest absolute Gasteiger partial charge is 0.250 e. The van der Waals surface area contributed by atoms with Gasteiger partial charge in [-0.05, 0) is 31.0 Å². The maximum Gasteiger partial charge on any atom is 0.250 e. The number of rotatable bonds is 3. The lowest BCUT2D eigenvalue weighted by atomic mass is 9.90. The minimum atomic E-state index is -0.313. The van der Waals surface area contributed by atoms with Gasteiger partial charge in [-0.2, -0.15) is 4.37 Å². The predicted octanol–water partition coefficient (Wildman–Crippen LogP) is 2.53. The molecule has 0 saturated carbocycles. The molecule has 2 fully saturated rings. The van der Waals surface area contributed by atoms with Crippen LogP contribution in [0, 0.1) is 23.6 Å². The van der Waals surface area contributed by atoms with Crippen LogP contribution in [-0.2, 0) is 0 Å². The van der Waals surface area contributed by atoms with E-state index < -0.39 is 0 Å². The van der Waals surface area contributed by atoms with Gasteiger partial charge in [0.15, 0.2) is 6.61 Å². The number of hydrogen-bond donors (Lipinski definition) is 0. The summed E-state index contributed by atoms with van der Waals surface area (Å²) in [4.78, 5) is 2.47. The molecule has 118 valence electrons. The van der Waals surface area contributed by atoms with Crippen LogP contribution >= 0.6 is 11.7 Å². The van der Waals surface area contributed by atoms with E-state index in [4.69, 9.17) is 4.74 Å². The Balaban J connectivity index is 1.41. The standard InChI is InChI=1S/C17H16FN3OS/c18-15-6-2-1-4-12(15)5-3-9-22-17-16(19-23-20-17)14-11-21-8-7-13(14)10-21/h1-2,4,6,13-14H,7-11H2. The fourth-order valence-electron chi connectivity index (χ4n) is 3.41. The van der Waals surface area contributed by atoms with Gasteiger partial charge >= 0.3 is 0 Å². The Morgan fingerprint density at radius 1 is 1.30 bits per heavy atom. The molecule has 0 N–H and O–H groups in total. The van der Waals surface area contributed by atoms with E-state index in [1.165, 1.54) is 30.8 Å². The fourth-order valence-corrected chi connectivity index (χ4v) is 3.97. The summed E-state index contributed by atoms with van der Waals surface area (Å²) in [5.74, 6) is 7.02. The predicted molar refractivity (Wildman–Crippen MR) is 86.0 cm³/mol. The van der Waals surface area contributed by atoms with E-state index in [9.17, 15) is 4.39 Å². The van der Waals surface area contributed by atoms with E-state index in [1.54, 1.807) is 18.2 Å². The van der Waals surface area contributed by atoms with Crippen LogP contribution in [0.15, 0.2) is 24.3 Å². The van der Waals surface area contributed by atoms with Crippen LogP contribution in [0.4, 0.5) is 4.39 Å². The molecule has 6 heteroatoms. The molecule has 3 atom stereocenters. The van der Waals surface area contributed by atoms with Gasteiger partial charge in [-0.15, -0.1) is 4.37 Å². The lowest BCUT2D eigenvalue weighted by Gasteiger charge is -2.20. The number of halogens is 1. The van der Waals surface area contributed by atoms with E-state index >= 15 is 0 Å². The van der Waals surface area contributed by atoms with Crippen LogP contribution in [0.2, 0.25) is 0 Å². The molecule has 2 aromatic rings. The maximum atomic E-state index is 13.5. The first-order valence-electron chi connectivity index (χ1n) is 7.72. The number of fused-ring (bicyclic) bond motifs is 2. The molecule has 2 bridgehead atoms. The second kappa shape index (κ2) is 6.26. The first-order chi connectivity index (χ1) is 11.3. The number of ether oxygens (including phenoxy) is 1. The second-order valence-electron chi connectivity index (χ2n) is 5.94. The lowest BCUT2D eigenvalue weighted by Crippen LogP contribution is -2.22. The molecule has 23 heavy (non-hydrogen) atoms. The average Bonchev–Trinajstić information content (AvgIpc) is 3.29. The highest BCUT2D eigenvalue weighted by atomic mass is 32.1. The molecule has 2 aliphatic rings. The summed E-state index contributed by atoms with van der Waals surface area (Å²) in [7, 11) is 0. The largest absolute Gasteiger partial charge is 0.463 e. The van der Waals surface area contributed by atoms with Crippen molar-refractivity contribution in [3.63, 3.8) is 0 Å². The van der Waals surface area contributed by atoms with Crippen LogP contribution in [0.3, 0.4) is 0 Å². The summed E-state index contributed by atoms with van der Waals surface area (Å²) >= 11 is 1.19. The fraction of sp³-hybridized carbons (Fsp3) is 0.412. The average molecular weight is 329 g/mol. The number of aromatic nitrogens is 2. The third-order valence-electron chi connectivity index (χ3n) is 4.54. The van der Waals surface area contributed by atoms with Gasteiger partial charge in [-0.25, -0.2) is 4.39 Å². The van der Waals surface area contributed by atoms with Crippen molar-refractivity contribution in [2.24, 2.45) is 5.92 Å². The van der Waals surface area contributed by atoms with Gasteiger partial charge in [0, 0.05) is 19.0 Å². The Bertz CT molecular complexity index is 766. The highest BCUT2D eigenvalue weighted by molar-refractivity contribution is 6.99. The molecule has 0 spiro atoms. The van der Waals surface area contributed by atoms with Gasteiger partial charge in [-0.3, -0.25) is 0 Å². The molecule has 3 heterocycles. The summed E-state index contributed by atoms with van der Waals surface area (Å²) in [5, 5.41) is 0. The SMILES string of the molecule is Fc1ccccc1C#CCOc1nsnc1C1CN2CCC1C2. The summed E-state index contributed by atoms with van der Waals surface area (Å²) in [5.41, 5.74) is 1.35. The molecular formula is C17H16FN3OS. The molecule has 4 nitrogen and oxygen atoms in total. The summed E-state index contributed by atoms with van der Waals surface area (Å²) < 4.78 is 27.9. The van der Waals surface area contributed by atoms with Crippen LogP contribution in [0.25, 0.3) is 0 Å². The minimum absolute atomic E-state index is 0.188. The van der Waals surface area contributed by atoms with Crippen molar-refractivity contribution in [2.75, 3.05) is 26.2 Å². The molecule has 0 radical (unpaired) electrons. The van der Waals surface area contributed by atoms with Crippen molar-refractivity contribution in [3.8, 4) is 17.7 Å². The van der Waals surface area contributed by atoms with Crippen molar-refractivity contribution in [1.82, 2.24) is 13.6 Å². The van der Waals surface area contributed by atoms with E-state index in [0.717, 1.165) is 18.8 Å². The molecule has 1 aromatic carbocycles. The summed E-state index contributed by atoms with van der Waals surface area (Å²) in [6, 6.07) is 6.47. The van der Waals surface area contributed by atoms with E-state index in [2.05, 4.69) is 25.5 Å². The first-order valence-corrected chi connectivity index (χ1v) is 8.45. The topological polar surface area (TPSA) is 38.3 Å². The Hall–Kier alpha value is -1.97. The Labute approximate surface area is 138 Å². The van der Waals surface area contributed by atoms with E-state index in [-0.39, 0.29) is 12.4 Å². The van der Waals surface area contributed by atoms with Gasteiger partial charge in [0.2, 0.25) is 5.88 Å². The normalized spacial score (nSPS) is 25.2. The van der Waals surface area contributed by atoms with Gasteiger partial charge in [0.05, 0.1) is 17.3 Å². The zero-order chi connectivity index (χ0) is 15.6. The highest BCUT2D eigenvalue weighted by Gasteiger charge is 2.41. The van der Waals surface area contributed by atoms with Gasteiger partial charge < -0.3 is 9.64 Å². The van der Waals surface area contributed by atoms with Crippen LogP contribution in [0.1, 0.15) is 23.6 Å². The summed E-state index contributed by atoms with van der Waals surface area (Å²) in [6.45, 7) is 3.60. The lowest BCUT2D eigenvalue weighted by molar-refractivity contribution is 0.323. The second-order valence-corrected chi connectivity index (χ2v) is 6.47. The van der Waals surface area contributed by atoms with Gasteiger partial charge in [0.1, 0.15) is 11.5 Å². The molecular weight excluding hydrogens is 313 g/mol. The van der Waals surface area contributed by atoms with Crippen LogP contribution in [0.5, 0.6) is 5.88 Å². The van der Waals surface area contributed by atoms with Crippen molar-refractivity contribution < 1.29 is 9.13 Å². The van der Waals surface area contributed by atoms with Gasteiger partial charge in [0.25, 0.3) is 0 Å². The number of benzene rings is 1. The van der Waals surface area contributed by atoms with Crippen LogP contribution in [-0.4, -0.2) is 39.9 Å². The zero-order valence-electron chi connectivity index (χ0n) is 12.5. The molecule has 4 rings (SSSR count). The van der Waals surface area contributed by atoms with Crippen molar-refractivity contribution >= 4 is 11.7 Å². The van der Waals surface area contributed by atoms with Crippen molar-refractivity contribution in [1.29, 1.82) is 0 Å². The third kappa shape index (κ3) is 2.94. The molecule has 2 aliphatic heterocycles. The Morgan fingerprint density at radius 2 is 2.22 bits per heavy atom. The molecule has 0 amide bonds. The van der Waals surface area contributed by atoms with Gasteiger partial charge in [-0.1, -0.05) is 24.0 Å². The van der Waals surface area contributed by atoms with Crippen LogP contribution < -0.4 is 4.74 Å². The molecule has 2 saturated heterocycles. The van der Waals surface area contributed by atoms with E-state index in [1.807, 2.05) is 0 Å². The third-order valence-corrected chi connectivity index (χ3v) is 5.07. The Kier molecular flexibility index (Phi) is 3.98. The molecule has 0 aliphatic carbocycles. The quantitative estimate of drug-likeness (QED) is 0.811. The van der Waals surface area contributed by atoms with Crippen molar-refractivity contribution in [2.45, 2.75) is 12.3 Å². The van der Waals surface area contributed by atoms with Crippen molar-refractivity contribution in [3.05, 3.63) is 41.3 Å². The summed E-state index contributed by atoms with van der Waals surface area (Å²) in [6.07, 6.45) is 1.23. The molecule has 3 unspecified atom stereocenters. The minimum Gasteiger partial charge on any atom is -0.463 e. The Morgan fingerprint density at radius 3 is 3.00 bits per heavy atom.